The minimum atomic E-state index is -0.833. The van der Waals surface area contributed by atoms with Crippen LogP contribution in [-0.4, -0.2) is 33.2 Å². The summed E-state index contributed by atoms with van der Waals surface area (Å²) in [7, 11) is 0. The van der Waals surface area contributed by atoms with Gasteiger partial charge in [-0.15, -0.1) is 0 Å². The molecule has 0 aromatic carbocycles. The molecule has 6 aliphatic carbocycles. The molecule has 38 heavy (non-hydrogen) atoms. The number of carboxylic acids is 3. The van der Waals surface area contributed by atoms with Crippen molar-refractivity contribution in [1.29, 1.82) is 0 Å². The number of hydrogen-bond acceptors (Lipinski definition) is 3. The highest BCUT2D eigenvalue weighted by atomic mass is 16.4. The summed E-state index contributed by atoms with van der Waals surface area (Å²) in [4.78, 5) is 27.9. The van der Waals surface area contributed by atoms with Crippen molar-refractivity contribution in [3.05, 3.63) is 0 Å². The van der Waals surface area contributed by atoms with E-state index in [-0.39, 0.29) is 5.92 Å². The normalized spacial score (nSPS) is 42.6. The van der Waals surface area contributed by atoms with Gasteiger partial charge in [0.2, 0.25) is 0 Å². The van der Waals surface area contributed by atoms with Crippen molar-refractivity contribution in [3.63, 3.8) is 0 Å². The highest BCUT2D eigenvalue weighted by molar-refractivity contribution is 5.69. The Labute approximate surface area is 231 Å². The second-order valence-corrected chi connectivity index (χ2v) is 13.5. The Balaban J connectivity index is 0.000000185. The van der Waals surface area contributed by atoms with Crippen molar-refractivity contribution < 1.29 is 29.7 Å². The molecular weight excluding hydrogens is 480 g/mol. The summed E-state index contributed by atoms with van der Waals surface area (Å²) < 4.78 is 0. The quantitative estimate of drug-likeness (QED) is 0.314. The number of rotatable bonds is 2. The van der Waals surface area contributed by atoms with Crippen LogP contribution in [0.3, 0.4) is 0 Å². The van der Waals surface area contributed by atoms with E-state index in [9.17, 15) is 4.79 Å². The van der Waals surface area contributed by atoms with Gasteiger partial charge < -0.3 is 15.3 Å². The van der Waals surface area contributed by atoms with E-state index >= 15 is 0 Å². The predicted molar refractivity (Wildman–Crippen MR) is 151 cm³/mol. The number of carbonyl (C=O) groups is 3. The topological polar surface area (TPSA) is 112 Å². The summed E-state index contributed by atoms with van der Waals surface area (Å²) in [5, 5.41) is 23.0. The van der Waals surface area contributed by atoms with Crippen LogP contribution in [0, 0.1) is 76.9 Å². The zero-order valence-electron chi connectivity index (χ0n) is 25.2. The monoisotopic (exact) mass is 536 g/mol. The van der Waals surface area contributed by atoms with E-state index in [1.807, 2.05) is 6.92 Å². The Kier molecular flexibility index (Phi) is 12.2. The van der Waals surface area contributed by atoms with Gasteiger partial charge >= 0.3 is 5.97 Å². The second kappa shape index (κ2) is 14.2. The van der Waals surface area contributed by atoms with Crippen LogP contribution in [-0.2, 0) is 14.4 Å². The molecule has 0 heterocycles. The number of fused-ring (bicyclic) bond motifs is 11. The Morgan fingerprint density at radius 1 is 0.632 bits per heavy atom. The van der Waals surface area contributed by atoms with Crippen LogP contribution >= 0.6 is 0 Å². The Hall–Kier alpha value is -1.59. The first-order valence-electron chi connectivity index (χ1n) is 15.3. The summed E-state index contributed by atoms with van der Waals surface area (Å²) in [6, 6.07) is 0. The summed E-state index contributed by atoms with van der Waals surface area (Å²) >= 11 is 0. The largest absolute Gasteiger partial charge is 0.481 e. The summed E-state index contributed by atoms with van der Waals surface area (Å²) in [5.74, 6) is 10.9. The number of hydrogen-bond donors (Lipinski definition) is 3. The van der Waals surface area contributed by atoms with E-state index < -0.39 is 17.9 Å². The maximum Gasteiger partial charge on any atom is 0.306 e. The average Bonchev–Trinajstić information content (AvgIpc) is 3.66. The van der Waals surface area contributed by atoms with Gasteiger partial charge in [-0.3, -0.25) is 14.4 Å². The molecule has 6 heteroatoms. The first-order chi connectivity index (χ1) is 17.7. The second-order valence-electron chi connectivity index (χ2n) is 13.5. The molecule has 220 valence electrons. The SMILES string of the molecule is CC(=O)O.CC(=O)O.CC1C(C)C2CC1C1C3CCC(C3)C21.CC1C2CCC(C2)C1C.CCC(C)C(=O)O. The van der Waals surface area contributed by atoms with Crippen LogP contribution < -0.4 is 0 Å². The molecule has 0 aromatic rings. The summed E-state index contributed by atoms with van der Waals surface area (Å²) in [6.07, 6.45) is 11.8. The molecule has 6 bridgehead atoms. The van der Waals surface area contributed by atoms with Gasteiger partial charge in [0, 0.05) is 13.8 Å². The van der Waals surface area contributed by atoms with Crippen molar-refractivity contribution >= 4 is 17.9 Å². The van der Waals surface area contributed by atoms with Crippen LogP contribution in [0.2, 0.25) is 0 Å². The van der Waals surface area contributed by atoms with Gasteiger partial charge in [0.25, 0.3) is 11.9 Å². The van der Waals surface area contributed by atoms with E-state index in [4.69, 9.17) is 24.9 Å². The number of aliphatic carboxylic acids is 3. The Morgan fingerprint density at radius 3 is 1.18 bits per heavy atom. The molecule has 13 atom stereocenters. The molecule has 6 aliphatic rings. The van der Waals surface area contributed by atoms with Crippen molar-refractivity contribution in [2.75, 3.05) is 0 Å². The fraction of sp³-hybridized carbons (Fsp3) is 0.906. The van der Waals surface area contributed by atoms with Gasteiger partial charge in [-0.1, -0.05) is 41.5 Å². The van der Waals surface area contributed by atoms with E-state index in [0.29, 0.717) is 0 Å². The molecule has 0 saturated heterocycles. The van der Waals surface area contributed by atoms with Crippen molar-refractivity contribution in [3.8, 4) is 0 Å². The molecule has 6 fully saturated rings. The molecule has 6 rings (SSSR count). The summed E-state index contributed by atoms with van der Waals surface area (Å²) in [5.41, 5.74) is 0. The zero-order chi connectivity index (χ0) is 28.9. The lowest BCUT2D eigenvalue weighted by Crippen LogP contribution is -2.35. The standard InChI is InChI=1S/C14H22.C9H16.C5H10O2.2C2H4O2/c1-7-8(2)12-6-11(7)13-9-3-4-10(5-9)14(12)13;1-6-7(2)9-4-3-8(6)5-9;1-3-4(2)5(6)7;2*1-2(3)4/h7-14H,3-6H2,1-2H3;6-9H,3-5H2,1-2H3;4H,3H2,1-2H3,(H,6,7);2*1H3,(H,3,4). The molecule has 0 aromatic heterocycles. The van der Waals surface area contributed by atoms with Crippen LogP contribution in [0.1, 0.15) is 107 Å². The Morgan fingerprint density at radius 2 is 0.947 bits per heavy atom. The molecule has 0 spiro atoms. The van der Waals surface area contributed by atoms with Gasteiger partial charge in [0.1, 0.15) is 0 Å². The van der Waals surface area contributed by atoms with Crippen LogP contribution in [0.5, 0.6) is 0 Å². The fourth-order valence-electron chi connectivity index (χ4n) is 9.23. The minimum absolute atomic E-state index is 0.181. The lowest BCUT2D eigenvalue weighted by atomic mass is 9.64. The van der Waals surface area contributed by atoms with Gasteiger partial charge in [-0.05, 0) is 122 Å². The Bertz CT molecular complexity index is 731. The van der Waals surface area contributed by atoms with Crippen molar-refractivity contribution in [2.24, 2.45) is 76.9 Å². The molecular formula is C32H56O6. The number of carboxylic acid groups (broad SMARTS) is 3. The lowest BCUT2D eigenvalue weighted by Gasteiger charge is -2.41. The van der Waals surface area contributed by atoms with E-state index in [0.717, 1.165) is 67.6 Å². The van der Waals surface area contributed by atoms with Crippen LogP contribution in [0.4, 0.5) is 0 Å². The molecule has 6 saturated carbocycles. The zero-order valence-corrected chi connectivity index (χ0v) is 25.2. The van der Waals surface area contributed by atoms with Gasteiger partial charge in [0.05, 0.1) is 5.92 Å². The van der Waals surface area contributed by atoms with E-state index in [2.05, 4.69) is 27.7 Å². The van der Waals surface area contributed by atoms with E-state index in [1.54, 1.807) is 39.0 Å². The molecule has 0 radical (unpaired) electrons. The van der Waals surface area contributed by atoms with E-state index in [1.165, 1.54) is 36.5 Å². The molecule has 3 N–H and O–H groups in total. The summed E-state index contributed by atoms with van der Waals surface area (Å²) in [6.45, 7) is 15.7. The average molecular weight is 537 g/mol. The third-order valence-electron chi connectivity index (χ3n) is 11.6. The molecule has 0 aliphatic heterocycles. The first kappa shape index (κ1) is 32.6. The highest BCUT2D eigenvalue weighted by Crippen LogP contribution is 2.70. The third kappa shape index (κ3) is 7.75. The molecule has 6 nitrogen and oxygen atoms in total. The first-order valence-corrected chi connectivity index (χ1v) is 15.3. The van der Waals surface area contributed by atoms with Crippen LogP contribution in [0.25, 0.3) is 0 Å². The van der Waals surface area contributed by atoms with Crippen LogP contribution in [0.15, 0.2) is 0 Å². The molecule has 0 amide bonds. The minimum Gasteiger partial charge on any atom is -0.481 e. The smallest absolute Gasteiger partial charge is 0.306 e. The lowest BCUT2D eigenvalue weighted by molar-refractivity contribution is -0.141. The fourth-order valence-corrected chi connectivity index (χ4v) is 9.23. The molecule has 13 unspecified atom stereocenters. The van der Waals surface area contributed by atoms with Gasteiger partial charge in [-0.25, -0.2) is 0 Å². The maximum atomic E-state index is 9.93. The van der Waals surface area contributed by atoms with Crippen molar-refractivity contribution in [1.82, 2.24) is 0 Å². The van der Waals surface area contributed by atoms with Gasteiger partial charge in [0.15, 0.2) is 0 Å². The third-order valence-corrected chi connectivity index (χ3v) is 11.6. The predicted octanol–water partition coefficient (Wildman–Crippen LogP) is 7.56. The van der Waals surface area contributed by atoms with Gasteiger partial charge in [-0.2, -0.15) is 0 Å². The highest BCUT2D eigenvalue weighted by Gasteiger charge is 2.63. The maximum absolute atomic E-state index is 9.93. The van der Waals surface area contributed by atoms with Crippen molar-refractivity contribution in [2.45, 2.75) is 107 Å².